The Hall–Kier alpha value is -1.62. The lowest BCUT2D eigenvalue weighted by Crippen LogP contribution is -2.44. The van der Waals surface area contributed by atoms with E-state index in [-0.39, 0.29) is 16.9 Å². The van der Waals surface area contributed by atoms with Gasteiger partial charge in [-0.05, 0) is 57.2 Å². The average Bonchev–Trinajstić information content (AvgIpc) is 2.50. The van der Waals surface area contributed by atoms with Crippen LogP contribution in [-0.2, 0) is 14.0 Å². The summed E-state index contributed by atoms with van der Waals surface area (Å²) in [5.74, 6) is 11.9. The van der Waals surface area contributed by atoms with Crippen LogP contribution in [0, 0.1) is 29.1 Å². The molecule has 0 fully saturated rings. The molecule has 142 valence electrons. The van der Waals surface area contributed by atoms with E-state index in [0.29, 0.717) is 24.7 Å². The van der Waals surface area contributed by atoms with Gasteiger partial charge in [0.2, 0.25) is 0 Å². The highest BCUT2D eigenvalue weighted by Crippen LogP contribution is 2.38. The summed E-state index contributed by atoms with van der Waals surface area (Å²) in [6, 6.07) is 0. The standard InChI is InChI=1S/C22H32O3Si/c1-21(2,3)26(6,7)25-19(17-22(4,5)15-10-16-23)14-13-18-11-8-9-12-20(18)24/h11,16,19H,8-9,12,17H2,1-7H3. The molecule has 1 aliphatic rings. The topological polar surface area (TPSA) is 43.4 Å². The van der Waals surface area contributed by atoms with Crippen molar-refractivity contribution in [2.45, 2.75) is 84.5 Å². The lowest BCUT2D eigenvalue weighted by atomic mass is 9.87. The molecular formula is C22H32O3Si. The van der Waals surface area contributed by atoms with Gasteiger partial charge in [-0.25, -0.2) is 0 Å². The van der Waals surface area contributed by atoms with E-state index in [0.717, 1.165) is 12.8 Å². The molecule has 0 saturated heterocycles. The molecule has 1 unspecified atom stereocenters. The zero-order valence-electron chi connectivity index (χ0n) is 17.3. The summed E-state index contributed by atoms with van der Waals surface area (Å²) in [4.78, 5) is 22.6. The molecule has 1 atom stereocenters. The predicted octanol–water partition coefficient (Wildman–Crippen LogP) is 4.68. The predicted molar refractivity (Wildman–Crippen MR) is 109 cm³/mol. The van der Waals surface area contributed by atoms with Gasteiger partial charge in [0, 0.05) is 11.8 Å². The van der Waals surface area contributed by atoms with Gasteiger partial charge in [-0.1, -0.05) is 44.6 Å². The zero-order chi connectivity index (χ0) is 20.0. The minimum Gasteiger partial charge on any atom is -0.403 e. The Balaban J connectivity index is 3.12. The molecule has 0 heterocycles. The number of hydrogen-bond acceptors (Lipinski definition) is 3. The Morgan fingerprint density at radius 2 is 1.92 bits per heavy atom. The van der Waals surface area contributed by atoms with Gasteiger partial charge in [0.25, 0.3) is 0 Å². The number of carbonyl (C=O) groups is 2. The summed E-state index contributed by atoms with van der Waals surface area (Å²) in [5, 5.41) is 0.0610. The normalized spacial score (nSPS) is 16.6. The van der Waals surface area contributed by atoms with Crippen LogP contribution >= 0.6 is 0 Å². The van der Waals surface area contributed by atoms with Gasteiger partial charge in [-0.2, -0.15) is 0 Å². The number of rotatable bonds is 4. The molecule has 1 aliphatic carbocycles. The van der Waals surface area contributed by atoms with Crippen LogP contribution in [-0.4, -0.2) is 26.5 Å². The Morgan fingerprint density at radius 3 is 2.46 bits per heavy atom. The van der Waals surface area contributed by atoms with E-state index in [1.807, 2.05) is 19.9 Å². The smallest absolute Gasteiger partial charge is 0.193 e. The SMILES string of the molecule is CC(C)(C#CC=O)CC(C#CC1=CCCCC1=O)O[Si](C)(C)C(C)(C)C. The van der Waals surface area contributed by atoms with Gasteiger partial charge in [0.05, 0.1) is 5.57 Å². The molecule has 0 aromatic rings. The summed E-state index contributed by atoms with van der Waals surface area (Å²) in [7, 11) is -2.03. The third-order valence-corrected chi connectivity index (χ3v) is 9.52. The quantitative estimate of drug-likeness (QED) is 0.409. The number of aldehydes is 1. The third kappa shape index (κ3) is 6.94. The maximum atomic E-state index is 12.0. The maximum Gasteiger partial charge on any atom is 0.193 e. The Labute approximate surface area is 160 Å². The number of hydrogen-bond donors (Lipinski definition) is 0. The fraction of sp³-hybridized carbons (Fsp3) is 0.636. The second-order valence-electron chi connectivity index (χ2n) is 9.04. The fourth-order valence-corrected chi connectivity index (χ4v) is 3.64. The van der Waals surface area contributed by atoms with E-state index in [1.165, 1.54) is 0 Å². The molecule has 0 aromatic carbocycles. The first-order valence-electron chi connectivity index (χ1n) is 9.27. The van der Waals surface area contributed by atoms with Crippen molar-refractivity contribution in [3.63, 3.8) is 0 Å². The van der Waals surface area contributed by atoms with Crippen LogP contribution < -0.4 is 0 Å². The van der Waals surface area contributed by atoms with E-state index < -0.39 is 13.7 Å². The van der Waals surface area contributed by atoms with Crippen molar-refractivity contribution in [3.8, 4) is 23.7 Å². The monoisotopic (exact) mass is 372 g/mol. The van der Waals surface area contributed by atoms with Gasteiger partial charge < -0.3 is 4.43 Å². The van der Waals surface area contributed by atoms with Crippen LogP contribution in [0.5, 0.6) is 0 Å². The minimum atomic E-state index is -2.03. The lowest BCUT2D eigenvalue weighted by molar-refractivity contribution is -0.115. The number of Topliss-reactive ketones (excluding diaryl/α,β-unsaturated/α-hetero) is 1. The van der Waals surface area contributed by atoms with Crippen molar-refractivity contribution in [3.05, 3.63) is 11.6 Å². The molecule has 0 aromatic heterocycles. The Kier molecular flexibility index (Phi) is 7.63. The summed E-state index contributed by atoms with van der Waals surface area (Å²) < 4.78 is 6.52. The molecule has 0 saturated carbocycles. The van der Waals surface area contributed by atoms with Gasteiger partial charge >= 0.3 is 0 Å². The summed E-state index contributed by atoms with van der Waals surface area (Å²) in [5.41, 5.74) is 0.213. The van der Waals surface area contributed by atoms with Gasteiger partial charge in [0.15, 0.2) is 20.4 Å². The van der Waals surface area contributed by atoms with E-state index in [2.05, 4.69) is 57.5 Å². The van der Waals surface area contributed by atoms with Crippen LogP contribution in [0.2, 0.25) is 18.1 Å². The van der Waals surface area contributed by atoms with Crippen LogP contribution in [0.15, 0.2) is 11.6 Å². The molecule has 0 spiro atoms. The van der Waals surface area contributed by atoms with Crippen LogP contribution in [0.3, 0.4) is 0 Å². The highest BCUT2D eigenvalue weighted by Gasteiger charge is 2.39. The van der Waals surface area contributed by atoms with Crippen molar-refractivity contribution in [1.82, 2.24) is 0 Å². The van der Waals surface area contributed by atoms with Gasteiger partial charge in [-0.3, -0.25) is 9.59 Å². The second kappa shape index (κ2) is 8.85. The number of allylic oxidation sites excluding steroid dienone is 2. The van der Waals surface area contributed by atoms with Gasteiger partial charge in [0.1, 0.15) is 6.10 Å². The summed E-state index contributed by atoms with van der Waals surface area (Å²) in [6.07, 6.45) is 5.20. The van der Waals surface area contributed by atoms with Crippen molar-refractivity contribution in [1.29, 1.82) is 0 Å². The molecule has 4 heteroatoms. The first kappa shape index (κ1) is 22.4. The van der Waals surface area contributed by atoms with Crippen molar-refractivity contribution in [2.75, 3.05) is 0 Å². The summed E-state index contributed by atoms with van der Waals surface area (Å²) in [6.45, 7) is 14.9. The third-order valence-electron chi connectivity index (χ3n) is 5.03. The molecule has 0 aliphatic heterocycles. The molecular weight excluding hydrogens is 340 g/mol. The first-order valence-corrected chi connectivity index (χ1v) is 12.2. The van der Waals surface area contributed by atoms with Gasteiger partial charge in [-0.15, -0.1) is 0 Å². The molecule has 0 N–H and O–H groups in total. The van der Waals surface area contributed by atoms with Crippen molar-refractivity contribution >= 4 is 20.4 Å². The molecule has 3 nitrogen and oxygen atoms in total. The molecule has 0 radical (unpaired) electrons. The molecule has 1 rings (SSSR count). The number of carbonyl (C=O) groups excluding carboxylic acids is 2. The van der Waals surface area contributed by atoms with Crippen LogP contribution in [0.4, 0.5) is 0 Å². The first-order chi connectivity index (χ1) is 11.9. The highest BCUT2D eigenvalue weighted by atomic mass is 28.4. The second-order valence-corrected chi connectivity index (χ2v) is 13.8. The summed E-state index contributed by atoms with van der Waals surface area (Å²) >= 11 is 0. The molecule has 0 bridgehead atoms. The van der Waals surface area contributed by atoms with Crippen LogP contribution in [0.25, 0.3) is 0 Å². The zero-order valence-corrected chi connectivity index (χ0v) is 18.3. The highest BCUT2D eigenvalue weighted by molar-refractivity contribution is 6.74. The fourth-order valence-electron chi connectivity index (χ4n) is 2.43. The van der Waals surface area contributed by atoms with E-state index in [9.17, 15) is 9.59 Å². The lowest BCUT2D eigenvalue weighted by Gasteiger charge is -2.39. The Bertz CT molecular complexity index is 685. The van der Waals surface area contributed by atoms with Crippen molar-refractivity contribution in [2.24, 2.45) is 5.41 Å². The largest absolute Gasteiger partial charge is 0.403 e. The average molecular weight is 373 g/mol. The minimum absolute atomic E-state index is 0.0610. The van der Waals surface area contributed by atoms with E-state index in [4.69, 9.17) is 4.43 Å². The Morgan fingerprint density at radius 1 is 1.27 bits per heavy atom. The number of ketones is 1. The molecule has 26 heavy (non-hydrogen) atoms. The maximum absolute atomic E-state index is 12.0. The van der Waals surface area contributed by atoms with E-state index >= 15 is 0 Å². The molecule has 0 amide bonds. The van der Waals surface area contributed by atoms with Crippen LogP contribution in [0.1, 0.15) is 60.3 Å². The van der Waals surface area contributed by atoms with Crippen molar-refractivity contribution < 1.29 is 14.0 Å². The van der Waals surface area contributed by atoms with E-state index in [1.54, 1.807) is 0 Å².